The lowest BCUT2D eigenvalue weighted by Crippen LogP contribution is -2.37. The number of rotatable bonds is 3. The first-order valence-electron chi connectivity index (χ1n) is 7.41. The van der Waals surface area contributed by atoms with Crippen LogP contribution in [0.1, 0.15) is 60.8 Å². The second kappa shape index (κ2) is 5.74. The van der Waals surface area contributed by atoms with E-state index in [9.17, 15) is 9.59 Å². The van der Waals surface area contributed by atoms with Gasteiger partial charge in [-0.05, 0) is 45.4 Å². The van der Waals surface area contributed by atoms with Crippen molar-refractivity contribution in [1.82, 2.24) is 4.90 Å². The molecule has 0 spiro atoms. The van der Waals surface area contributed by atoms with Crippen molar-refractivity contribution >= 4 is 12.4 Å². The van der Waals surface area contributed by atoms with Gasteiger partial charge < -0.3 is 14.4 Å². The molecule has 0 aromatic heterocycles. The van der Waals surface area contributed by atoms with Crippen molar-refractivity contribution in [2.75, 3.05) is 13.1 Å². The van der Waals surface area contributed by atoms with E-state index in [2.05, 4.69) is 20.8 Å². The molecule has 1 fully saturated rings. The van der Waals surface area contributed by atoms with E-state index in [1.807, 2.05) is 20.8 Å². The highest BCUT2D eigenvalue weighted by atomic mass is 16.6. The average molecular weight is 283 g/mol. The van der Waals surface area contributed by atoms with Gasteiger partial charge in [0, 0.05) is 18.5 Å². The molecule has 0 aliphatic carbocycles. The summed E-state index contributed by atoms with van der Waals surface area (Å²) in [6.45, 7) is 13.2. The number of ether oxygens (including phenoxy) is 1. The van der Waals surface area contributed by atoms with Crippen LogP contribution in [0, 0.1) is 10.8 Å². The Kier molecular flexibility index (Phi) is 4.88. The second-order valence-electron chi connectivity index (χ2n) is 8.19. The van der Waals surface area contributed by atoms with E-state index < -0.39 is 5.60 Å². The average Bonchev–Trinajstić information content (AvgIpc) is 2.68. The fourth-order valence-corrected chi connectivity index (χ4v) is 2.36. The molecular weight excluding hydrogens is 254 g/mol. The van der Waals surface area contributed by atoms with E-state index in [-0.39, 0.29) is 16.9 Å². The largest absolute Gasteiger partial charge is 0.444 e. The van der Waals surface area contributed by atoms with Gasteiger partial charge in [-0.25, -0.2) is 4.79 Å². The lowest BCUT2D eigenvalue weighted by molar-refractivity contribution is -0.116. The number of amides is 1. The number of likely N-dealkylation sites (tertiary alicyclic amines) is 1. The van der Waals surface area contributed by atoms with Gasteiger partial charge in [0.15, 0.2) is 0 Å². The summed E-state index contributed by atoms with van der Waals surface area (Å²) >= 11 is 0. The first-order chi connectivity index (χ1) is 8.96. The van der Waals surface area contributed by atoms with Crippen molar-refractivity contribution in [3.63, 3.8) is 0 Å². The van der Waals surface area contributed by atoms with Crippen molar-refractivity contribution in [2.45, 2.75) is 66.4 Å². The van der Waals surface area contributed by atoms with Crippen LogP contribution in [0.25, 0.3) is 0 Å². The quantitative estimate of drug-likeness (QED) is 0.743. The topological polar surface area (TPSA) is 46.6 Å². The number of nitrogens with zero attached hydrogens (tertiary/aromatic N) is 1. The van der Waals surface area contributed by atoms with Gasteiger partial charge in [0.2, 0.25) is 0 Å². The molecule has 1 saturated heterocycles. The van der Waals surface area contributed by atoms with Gasteiger partial charge in [-0.1, -0.05) is 20.8 Å². The van der Waals surface area contributed by atoms with E-state index in [1.165, 1.54) is 0 Å². The maximum atomic E-state index is 12.1. The first-order valence-corrected chi connectivity index (χ1v) is 7.41. The molecule has 1 aliphatic heterocycles. The van der Waals surface area contributed by atoms with Gasteiger partial charge in [-0.2, -0.15) is 0 Å². The Morgan fingerprint density at radius 2 is 1.85 bits per heavy atom. The van der Waals surface area contributed by atoms with E-state index in [4.69, 9.17) is 4.74 Å². The molecule has 0 aromatic rings. The molecule has 1 unspecified atom stereocenters. The highest BCUT2D eigenvalue weighted by molar-refractivity contribution is 5.71. The number of hydrogen-bond donors (Lipinski definition) is 0. The summed E-state index contributed by atoms with van der Waals surface area (Å²) in [5, 5.41) is 0. The predicted octanol–water partition coefficient (Wildman–Crippen LogP) is 3.64. The third-order valence-corrected chi connectivity index (χ3v) is 3.66. The highest BCUT2D eigenvalue weighted by Gasteiger charge is 2.41. The van der Waals surface area contributed by atoms with Crippen LogP contribution < -0.4 is 0 Å². The summed E-state index contributed by atoms with van der Waals surface area (Å²) in [5.74, 6) is 0. The van der Waals surface area contributed by atoms with Crippen LogP contribution in [0.2, 0.25) is 0 Å². The number of carbonyl (C=O) groups excluding carboxylic acids is 2. The zero-order valence-corrected chi connectivity index (χ0v) is 13.8. The fraction of sp³-hybridized carbons (Fsp3) is 0.875. The Balaban J connectivity index is 2.63. The monoisotopic (exact) mass is 283 g/mol. The molecule has 4 nitrogen and oxygen atoms in total. The molecular formula is C16H29NO3. The van der Waals surface area contributed by atoms with Crippen LogP contribution in [0.3, 0.4) is 0 Å². The van der Waals surface area contributed by atoms with Crippen molar-refractivity contribution in [1.29, 1.82) is 0 Å². The SMILES string of the molecule is CC(C)(C)CCC1(C=O)CCN(C(=O)OC(C)(C)C)C1. The van der Waals surface area contributed by atoms with Crippen LogP contribution in [0.5, 0.6) is 0 Å². The van der Waals surface area contributed by atoms with E-state index in [0.717, 1.165) is 25.5 Å². The minimum absolute atomic E-state index is 0.204. The lowest BCUT2D eigenvalue weighted by atomic mass is 9.78. The number of aldehydes is 1. The van der Waals surface area contributed by atoms with Gasteiger partial charge in [-0.3, -0.25) is 0 Å². The van der Waals surface area contributed by atoms with E-state index in [0.29, 0.717) is 13.1 Å². The molecule has 1 amide bonds. The highest BCUT2D eigenvalue weighted by Crippen LogP contribution is 2.37. The van der Waals surface area contributed by atoms with Gasteiger partial charge in [-0.15, -0.1) is 0 Å². The normalized spacial score (nSPS) is 23.8. The molecule has 0 radical (unpaired) electrons. The Hall–Kier alpha value is -1.06. The maximum Gasteiger partial charge on any atom is 0.410 e. The Morgan fingerprint density at radius 1 is 1.25 bits per heavy atom. The van der Waals surface area contributed by atoms with Gasteiger partial charge in [0.05, 0.1) is 0 Å². The summed E-state index contributed by atoms with van der Waals surface area (Å²) in [5.41, 5.74) is -0.672. The predicted molar refractivity (Wildman–Crippen MR) is 79.6 cm³/mol. The molecule has 1 aliphatic rings. The van der Waals surface area contributed by atoms with Crippen molar-refractivity contribution in [2.24, 2.45) is 10.8 Å². The summed E-state index contributed by atoms with van der Waals surface area (Å²) in [7, 11) is 0. The summed E-state index contributed by atoms with van der Waals surface area (Å²) in [4.78, 5) is 25.2. The van der Waals surface area contributed by atoms with Crippen LogP contribution in [0.4, 0.5) is 4.79 Å². The lowest BCUT2D eigenvalue weighted by Gasteiger charge is -2.28. The molecule has 20 heavy (non-hydrogen) atoms. The molecule has 0 aromatic carbocycles. The fourth-order valence-electron chi connectivity index (χ4n) is 2.36. The third-order valence-electron chi connectivity index (χ3n) is 3.66. The van der Waals surface area contributed by atoms with Crippen LogP contribution in [-0.2, 0) is 9.53 Å². The molecule has 1 heterocycles. The number of carbonyl (C=O) groups is 2. The van der Waals surface area contributed by atoms with E-state index >= 15 is 0 Å². The van der Waals surface area contributed by atoms with E-state index in [1.54, 1.807) is 4.90 Å². The summed E-state index contributed by atoms with van der Waals surface area (Å²) < 4.78 is 5.38. The van der Waals surface area contributed by atoms with Crippen molar-refractivity contribution in [3.8, 4) is 0 Å². The van der Waals surface area contributed by atoms with Crippen LogP contribution in [-0.4, -0.2) is 36.0 Å². The molecule has 1 rings (SSSR count). The molecule has 0 saturated carbocycles. The molecule has 4 heteroatoms. The van der Waals surface area contributed by atoms with Crippen LogP contribution in [0.15, 0.2) is 0 Å². The molecule has 116 valence electrons. The minimum atomic E-state index is -0.491. The zero-order valence-electron chi connectivity index (χ0n) is 13.8. The zero-order chi connectivity index (χ0) is 15.6. The Bertz CT molecular complexity index is 365. The molecule has 1 atom stereocenters. The second-order valence-corrected chi connectivity index (χ2v) is 8.19. The maximum absolute atomic E-state index is 12.1. The standard InChI is InChI=1S/C16H29NO3/c1-14(2,3)7-8-16(12-18)9-10-17(11-16)13(19)20-15(4,5)6/h12H,7-11H2,1-6H3. The summed E-state index contributed by atoms with van der Waals surface area (Å²) in [6.07, 6.45) is 3.29. The Labute approximate surface area is 122 Å². The van der Waals surface area contributed by atoms with Crippen LogP contribution >= 0.6 is 0 Å². The molecule has 0 bridgehead atoms. The third kappa shape index (κ3) is 5.14. The smallest absolute Gasteiger partial charge is 0.410 e. The summed E-state index contributed by atoms with van der Waals surface area (Å²) in [6, 6.07) is 0. The van der Waals surface area contributed by atoms with Gasteiger partial charge >= 0.3 is 6.09 Å². The number of hydrogen-bond acceptors (Lipinski definition) is 3. The Morgan fingerprint density at radius 3 is 2.30 bits per heavy atom. The minimum Gasteiger partial charge on any atom is -0.444 e. The molecule has 0 N–H and O–H groups in total. The van der Waals surface area contributed by atoms with Crippen molar-refractivity contribution in [3.05, 3.63) is 0 Å². The van der Waals surface area contributed by atoms with Gasteiger partial charge in [0.25, 0.3) is 0 Å². The first kappa shape index (κ1) is 17.0. The van der Waals surface area contributed by atoms with Gasteiger partial charge in [0.1, 0.15) is 11.9 Å². The van der Waals surface area contributed by atoms with Crippen molar-refractivity contribution < 1.29 is 14.3 Å².